The average molecular weight is 271 g/mol. The lowest BCUT2D eigenvalue weighted by Crippen LogP contribution is -2.30. The zero-order chi connectivity index (χ0) is 13.4. The van der Waals surface area contributed by atoms with E-state index in [1.165, 1.54) is 6.20 Å². The number of nitrogens with zero attached hydrogens (tertiary/aromatic N) is 1. The minimum atomic E-state index is -0.216. The van der Waals surface area contributed by atoms with Crippen LogP contribution >= 0.6 is 11.6 Å². The molecule has 4 nitrogen and oxygen atoms in total. The second-order valence-electron chi connectivity index (χ2n) is 4.23. The Bertz CT molecular complexity index is 379. The molecular formula is C13H19ClN2O2. The Morgan fingerprint density at radius 1 is 1.56 bits per heavy atom. The third-order valence-electron chi connectivity index (χ3n) is 2.80. The second-order valence-corrected chi connectivity index (χ2v) is 4.64. The molecule has 1 unspecified atom stereocenters. The van der Waals surface area contributed by atoms with Gasteiger partial charge in [0.15, 0.2) is 0 Å². The van der Waals surface area contributed by atoms with Crippen LogP contribution in [-0.2, 0) is 0 Å². The molecule has 0 aromatic carbocycles. The second kappa shape index (κ2) is 8.06. The first-order valence-electron chi connectivity index (χ1n) is 6.17. The van der Waals surface area contributed by atoms with E-state index in [9.17, 15) is 4.79 Å². The van der Waals surface area contributed by atoms with Gasteiger partial charge in [0.1, 0.15) is 0 Å². The fourth-order valence-corrected chi connectivity index (χ4v) is 2.01. The smallest absolute Gasteiger partial charge is 0.254 e. The van der Waals surface area contributed by atoms with Crippen LogP contribution in [0.5, 0.6) is 0 Å². The summed E-state index contributed by atoms with van der Waals surface area (Å²) in [5.74, 6) is 0.0894. The molecule has 1 aromatic rings. The molecule has 0 saturated carbocycles. The molecule has 0 fully saturated rings. The minimum Gasteiger partial charge on any atom is -0.396 e. The van der Waals surface area contributed by atoms with Crippen LogP contribution in [0, 0.1) is 5.92 Å². The molecule has 0 radical (unpaired) electrons. The average Bonchev–Trinajstić information content (AvgIpc) is 2.36. The monoisotopic (exact) mass is 270 g/mol. The maximum absolute atomic E-state index is 11.9. The molecule has 18 heavy (non-hydrogen) atoms. The molecule has 0 aliphatic rings. The molecule has 0 bridgehead atoms. The number of hydrogen-bond donors (Lipinski definition) is 2. The Balaban J connectivity index is 2.52. The van der Waals surface area contributed by atoms with Crippen LogP contribution in [0.2, 0.25) is 5.02 Å². The van der Waals surface area contributed by atoms with E-state index >= 15 is 0 Å². The molecule has 1 heterocycles. The number of aliphatic hydroxyl groups excluding tert-OH is 1. The zero-order valence-corrected chi connectivity index (χ0v) is 11.3. The normalized spacial score (nSPS) is 12.2. The van der Waals surface area contributed by atoms with Crippen LogP contribution in [0.4, 0.5) is 0 Å². The van der Waals surface area contributed by atoms with Crippen LogP contribution in [0.25, 0.3) is 0 Å². The summed E-state index contributed by atoms with van der Waals surface area (Å²) in [4.78, 5) is 15.8. The number of aliphatic hydroxyl groups is 1. The van der Waals surface area contributed by atoms with Gasteiger partial charge in [0.25, 0.3) is 5.91 Å². The predicted molar refractivity (Wildman–Crippen MR) is 71.7 cm³/mol. The highest BCUT2D eigenvalue weighted by Gasteiger charge is 2.13. The number of hydrogen-bond acceptors (Lipinski definition) is 3. The maximum Gasteiger partial charge on any atom is 0.254 e. The molecule has 0 aliphatic heterocycles. The van der Waals surface area contributed by atoms with Crippen molar-refractivity contribution in [2.24, 2.45) is 5.92 Å². The van der Waals surface area contributed by atoms with Gasteiger partial charge in [-0.2, -0.15) is 0 Å². The van der Waals surface area contributed by atoms with E-state index in [1.807, 2.05) is 0 Å². The largest absolute Gasteiger partial charge is 0.396 e. The Hall–Kier alpha value is -1.13. The van der Waals surface area contributed by atoms with Crippen molar-refractivity contribution in [3.63, 3.8) is 0 Å². The van der Waals surface area contributed by atoms with E-state index in [0.717, 1.165) is 12.8 Å². The zero-order valence-electron chi connectivity index (χ0n) is 10.5. The number of carbonyl (C=O) groups excluding carboxylic acids is 1. The Morgan fingerprint density at radius 2 is 2.33 bits per heavy atom. The fraction of sp³-hybridized carbons (Fsp3) is 0.538. The van der Waals surface area contributed by atoms with E-state index < -0.39 is 0 Å². The summed E-state index contributed by atoms with van der Waals surface area (Å²) in [5.41, 5.74) is 0.387. The molecule has 2 N–H and O–H groups in total. The summed E-state index contributed by atoms with van der Waals surface area (Å²) in [6.45, 7) is 2.79. The van der Waals surface area contributed by atoms with Crippen molar-refractivity contribution in [1.29, 1.82) is 0 Å². The number of aromatic nitrogens is 1. The van der Waals surface area contributed by atoms with Crippen LogP contribution < -0.4 is 5.32 Å². The number of pyridine rings is 1. The Kier molecular flexibility index (Phi) is 6.68. The van der Waals surface area contributed by atoms with Gasteiger partial charge in [0, 0.05) is 25.5 Å². The molecule has 1 atom stereocenters. The molecule has 1 amide bonds. The van der Waals surface area contributed by atoms with Crippen molar-refractivity contribution in [2.75, 3.05) is 13.2 Å². The topological polar surface area (TPSA) is 62.2 Å². The van der Waals surface area contributed by atoms with Gasteiger partial charge in [-0.15, -0.1) is 0 Å². The van der Waals surface area contributed by atoms with Crippen molar-refractivity contribution in [3.05, 3.63) is 29.0 Å². The quantitative estimate of drug-likeness (QED) is 0.799. The molecule has 0 aliphatic carbocycles. The maximum atomic E-state index is 11.9. The summed E-state index contributed by atoms with van der Waals surface area (Å²) < 4.78 is 0. The fourth-order valence-electron chi connectivity index (χ4n) is 1.82. The van der Waals surface area contributed by atoms with Crippen molar-refractivity contribution in [3.8, 4) is 0 Å². The minimum absolute atomic E-state index is 0.147. The molecule has 1 aromatic heterocycles. The Labute approximate surface area is 112 Å². The first kappa shape index (κ1) is 14.9. The van der Waals surface area contributed by atoms with E-state index in [0.29, 0.717) is 29.5 Å². The lowest BCUT2D eigenvalue weighted by molar-refractivity contribution is 0.0942. The number of nitrogens with one attached hydrogen (secondary N) is 1. The van der Waals surface area contributed by atoms with Gasteiger partial charge in [-0.1, -0.05) is 24.9 Å². The van der Waals surface area contributed by atoms with E-state index in [2.05, 4.69) is 17.2 Å². The highest BCUT2D eigenvalue weighted by atomic mass is 35.5. The van der Waals surface area contributed by atoms with Crippen molar-refractivity contribution in [1.82, 2.24) is 10.3 Å². The SMILES string of the molecule is CCCC(CCO)CNC(=O)c1cnccc1Cl. The van der Waals surface area contributed by atoms with Crippen LogP contribution in [0.1, 0.15) is 36.5 Å². The Morgan fingerprint density at radius 3 is 2.94 bits per heavy atom. The highest BCUT2D eigenvalue weighted by molar-refractivity contribution is 6.33. The molecule has 1 rings (SSSR count). The van der Waals surface area contributed by atoms with E-state index in [4.69, 9.17) is 16.7 Å². The summed E-state index contributed by atoms with van der Waals surface area (Å²) in [6, 6.07) is 1.59. The standard InChI is InChI=1S/C13H19ClN2O2/c1-2-3-10(5-7-17)8-16-13(18)11-9-15-6-4-12(11)14/h4,6,9-10,17H,2-3,5,7-8H2,1H3,(H,16,18). The van der Waals surface area contributed by atoms with Gasteiger partial charge < -0.3 is 10.4 Å². The van der Waals surface area contributed by atoms with Crippen molar-refractivity contribution >= 4 is 17.5 Å². The van der Waals surface area contributed by atoms with E-state index in [-0.39, 0.29) is 12.5 Å². The van der Waals surface area contributed by atoms with Gasteiger partial charge in [-0.05, 0) is 24.8 Å². The summed E-state index contributed by atoms with van der Waals surface area (Å²) >= 11 is 5.92. The summed E-state index contributed by atoms with van der Waals surface area (Å²) in [7, 11) is 0. The van der Waals surface area contributed by atoms with Crippen LogP contribution in [0.15, 0.2) is 18.5 Å². The molecule has 0 spiro atoms. The van der Waals surface area contributed by atoms with Gasteiger partial charge in [0.05, 0.1) is 10.6 Å². The van der Waals surface area contributed by atoms with E-state index in [1.54, 1.807) is 12.3 Å². The molecular weight excluding hydrogens is 252 g/mol. The van der Waals surface area contributed by atoms with Crippen LogP contribution in [0.3, 0.4) is 0 Å². The van der Waals surface area contributed by atoms with Gasteiger partial charge in [0.2, 0.25) is 0 Å². The predicted octanol–water partition coefficient (Wildman–Crippen LogP) is 2.26. The summed E-state index contributed by atoms with van der Waals surface area (Å²) in [5, 5.41) is 12.2. The highest BCUT2D eigenvalue weighted by Crippen LogP contribution is 2.14. The van der Waals surface area contributed by atoms with Gasteiger partial charge in [-0.3, -0.25) is 9.78 Å². The molecule has 0 saturated heterocycles. The number of amides is 1. The molecule has 5 heteroatoms. The van der Waals surface area contributed by atoms with Gasteiger partial charge in [-0.25, -0.2) is 0 Å². The van der Waals surface area contributed by atoms with Crippen molar-refractivity contribution < 1.29 is 9.90 Å². The number of rotatable bonds is 7. The first-order valence-corrected chi connectivity index (χ1v) is 6.55. The lowest BCUT2D eigenvalue weighted by Gasteiger charge is -2.15. The van der Waals surface area contributed by atoms with Crippen molar-refractivity contribution in [2.45, 2.75) is 26.2 Å². The summed E-state index contributed by atoms with van der Waals surface area (Å²) in [6.07, 6.45) is 5.73. The number of carbonyl (C=O) groups is 1. The number of halogens is 1. The lowest BCUT2D eigenvalue weighted by atomic mass is 10.0. The third kappa shape index (κ3) is 4.63. The van der Waals surface area contributed by atoms with Crippen LogP contribution in [-0.4, -0.2) is 29.1 Å². The van der Waals surface area contributed by atoms with Gasteiger partial charge >= 0.3 is 0 Å². The first-order chi connectivity index (χ1) is 8.69. The third-order valence-corrected chi connectivity index (χ3v) is 3.13. The molecule has 100 valence electrons.